The highest BCUT2D eigenvalue weighted by atomic mass is 16.5. The van der Waals surface area contributed by atoms with Crippen LogP contribution in [-0.2, 0) is 0 Å². The van der Waals surface area contributed by atoms with E-state index in [1.54, 1.807) is 12.1 Å². The highest BCUT2D eigenvalue weighted by Crippen LogP contribution is 2.36. The molecule has 0 aromatic heterocycles. The minimum Gasteiger partial charge on any atom is -0.507 e. The fourth-order valence-corrected chi connectivity index (χ4v) is 2.52. The number of carbonyl (C=O) groups is 1. The van der Waals surface area contributed by atoms with Crippen molar-refractivity contribution in [2.75, 3.05) is 0 Å². The number of phenolic OH excluding ortho intramolecular Hbond substituents is 3. The summed E-state index contributed by atoms with van der Waals surface area (Å²) < 4.78 is 5.76. The maximum Gasteiger partial charge on any atom is 0.189 e. The minimum atomic E-state index is -0.467. The van der Waals surface area contributed by atoms with Crippen LogP contribution in [0.5, 0.6) is 23.0 Å². The van der Waals surface area contributed by atoms with E-state index in [0.29, 0.717) is 11.3 Å². The molecule has 1 heterocycles. The van der Waals surface area contributed by atoms with E-state index in [0.717, 1.165) is 5.56 Å². The number of aromatic hydroxyl groups is 3. The highest BCUT2D eigenvalue weighted by molar-refractivity contribution is 6.09. The average molecular weight is 338 g/mol. The molecule has 25 heavy (non-hydrogen) atoms. The zero-order valence-electron chi connectivity index (χ0n) is 13.9. The Morgan fingerprint density at radius 1 is 1.04 bits per heavy atom. The highest BCUT2D eigenvalue weighted by Gasteiger charge is 2.23. The summed E-state index contributed by atoms with van der Waals surface area (Å²) in [5.74, 6) is -0.519. The molecule has 0 spiro atoms. The Kier molecular flexibility index (Phi) is 4.00. The molecule has 0 radical (unpaired) electrons. The molecule has 0 unspecified atom stereocenters. The van der Waals surface area contributed by atoms with Gasteiger partial charge in [0.2, 0.25) is 0 Å². The average Bonchev–Trinajstić information content (AvgIpc) is 2.54. The summed E-state index contributed by atoms with van der Waals surface area (Å²) in [6.45, 7) is 3.80. The van der Waals surface area contributed by atoms with E-state index < -0.39 is 5.60 Å². The fourth-order valence-electron chi connectivity index (χ4n) is 2.52. The third kappa shape index (κ3) is 3.50. The Balaban J connectivity index is 1.87. The van der Waals surface area contributed by atoms with Crippen LogP contribution in [0.25, 0.3) is 12.2 Å². The van der Waals surface area contributed by atoms with Crippen LogP contribution in [0.1, 0.15) is 35.3 Å². The zero-order chi connectivity index (χ0) is 18.2. The van der Waals surface area contributed by atoms with Gasteiger partial charge in [0.15, 0.2) is 17.3 Å². The van der Waals surface area contributed by atoms with Crippen LogP contribution in [0.2, 0.25) is 0 Å². The molecule has 1 aliphatic heterocycles. The third-order valence-corrected chi connectivity index (χ3v) is 3.86. The molecule has 3 N–H and O–H groups in total. The third-order valence-electron chi connectivity index (χ3n) is 3.86. The number of hydrogen-bond donors (Lipinski definition) is 3. The van der Waals surface area contributed by atoms with Crippen molar-refractivity contribution < 1.29 is 24.9 Å². The SMILES string of the molecule is CC1(C)C=Cc2cc(C(=O)/C=C/c3ccc(O)c(O)c3)c(O)cc2O1. The Labute approximate surface area is 145 Å². The van der Waals surface area contributed by atoms with Crippen LogP contribution < -0.4 is 4.74 Å². The fraction of sp³-hybridized carbons (Fsp3) is 0.150. The maximum absolute atomic E-state index is 12.4. The molecule has 2 aromatic rings. The van der Waals surface area contributed by atoms with Gasteiger partial charge in [-0.3, -0.25) is 4.79 Å². The molecule has 2 aromatic carbocycles. The van der Waals surface area contributed by atoms with Crippen LogP contribution in [0.4, 0.5) is 0 Å². The topological polar surface area (TPSA) is 87.0 Å². The summed E-state index contributed by atoms with van der Waals surface area (Å²) in [6, 6.07) is 7.25. The van der Waals surface area contributed by atoms with E-state index in [-0.39, 0.29) is 28.6 Å². The molecule has 3 rings (SSSR count). The molecule has 0 fully saturated rings. The van der Waals surface area contributed by atoms with Crippen molar-refractivity contribution in [1.29, 1.82) is 0 Å². The monoisotopic (exact) mass is 338 g/mol. The van der Waals surface area contributed by atoms with Gasteiger partial charge in [-0.25, -0.2) is 0 Å². The second-order valence-electron chi connectivity index (χ2n) is 6.39. The molecule has 0 bridgehead atoms. The van der Waals surface area contributed by atoms with Gasteiger partial charge in [0, 0.05) is 11.6 Å². The van der Waals surface area contributed by atoms with Crippen molar-refractivity contribution in [3.63, 3.8) is 0 Å². The number of ether oxygens (including phenoxy) is 1. The molecule has 5 heteroatoms. The van der Waals surface area contributed by atoms with E-state index in [4.69, 9.17) is 4.74 Å². The molecule has 1 aliphatic rings. The van der Waals surface area contributed by atoms with Crippen LogP contribution in [0.3, 0.4) is 0 Å². The lowest BCUT2D eigenvalue weighted by molar-refractivity contribution is 0.104. The number of hydrogen-bond acceptors (Lipinski definition) is 5. The number of carbonyl (C=O) groups excluding carboxylic acids is 1. The lowest BCUT2D eigenvalue weighted by Crippen LogP contribution is -2.27. The van der Waals surface area contributed by atoms with Gasteiger partial charge in [0.1, 0.15) is 17.1 Å². The van der Waals surface area contributed by atoms with Crippen LogP contribution in [-0.4, -0.2) is 26.7 Å². The van der Waals surface area contributed by atoms with Gasteiger partial charge < -0.3 is 20.1 Å². The summed E-state index contributed by atoms with van der Waals surface area (Å²) in [4.78, 5) is 12.4. The summed E-state index contributed by atoms with van der Waals surface area (Å²) >= 11 is 0. The molecule has 0 saturated heterocycles. The van der Waals surface area contributed by atoms with Crippen molar-refractivity contribution in [3.05, 3.63) is 59.2 Å². The molecule has 128 valence electrons. The quantitative estimate of drug-likeness (QED) is 0.449. The summed E-state index contributed by atoms with van der Waals surface area (Å²) in [5, 5.41) is 28.9. The van der Waals surface area contributed by atoms with Gasteiger partial charge >= 0.3 is 0 Å². The molecular formula is C20H18O5. The van der Waals surface area contributed by atoms with E-state index in [1.165, 1.54) is 30.4 Å². The van der Waals surface area contributed by atoms with E-state index in [9.17, 15) is 20.1 Å². The molecular weight excluding hydrogens is 320 g/mol. The van der Waals surface area contributed by atoms with Gasteiger partial charge in [0.05, 0.1) is 5.56 Å². The van der Waals surface area contributed by atoms with Crippen molar-refractivity contribution in [2.24, 2.45) is 0 Å². The van der Waals surface area contributed by atoms with Crippen molar-refractivity contribution in [3.8, 4) is 23.0 Å². The smallest absolute Gasteiger partial charge is 0.189 e. The summed E-state index contributed by atoms with van der Waals surface area (Å²) in [6.07, 6.45) is 6.53. The summed E-state index contributed by atoms with van der Waals surface area (Å²) in [7, 11) is 0. The number of phenols is 3. The van der Waals surface area contributed by atoms with Gasteiger partial charge in [-0.05, 0) is 49.8 Å². The Bertz CT molecular complexity index is 907. The summed E-state index contributed by atoms with van der Waals surface area (Å²) in [5.41, 5.74) is 0.958. The van der Waals surface area contributed by atoms with Gasteiger partial charge in [-0.15, -0.1) is 0 Å². The number of benzene rings is 2. The number of rotatable bonds is 3. The van der Waals surface area contributed by atoms with Crippen LogP contribution in [0, 0.1) is 0 Å². The van der Waals surface area contributed by atoms with Gasteiger partial charge in [0.25, 0.3) is 0 Å². The standard InChI is InChI=1S/C20H18O5/c1-20(2)8-7-13-10-14(17(23)11-19(13)25-20)15(21)5-3-12-4-6-16(22)18(24)9-12/h3-11,22-24H,1-2H3/b5-3+. The number of ketones is 1. The zero-order valence-corrected chi connectivity index (χ0v) is 13.9. The lowest BCUT2D eigenvalue weighted by atomic mass is 9.98. The van der Waals surface area contributed by atoms with Crippen LogP contribution in [0.15, 0.2) is 42.5 Å². The molecule has 0 amide bonds. The minimum absolute atomic E-state index is 0.158. The molecule has 0 aliphatic carbocycles. The number of allylic oxidation sites excluding steroid dienone is 1. The van der Waals surface area contributed by atoms with Crippen molar-refractivity contribution in [2.45, 2.75) is 19.4 Å². The second kappa shape index (κ2) is 6.02. The maximum atomic E-state index is 12.4. The molecule has 5 nitrogen and oxygen atoms in total. The first-order valence-electron chi connectivity index (χ1n) is 7.75. The predicted octanol–water partition coefficient (Wildman–Crippen LogP) is 3.88. The van der Waals surface area contributed by atoms with E-state index in [2.05, 4.69) is 0 Å². The Morgan fingerprint density at radius 3 is 2.52 bits per heavy atom. The second-order valence-corrected chi connectivity index (χ2v) is 6.39. The lowest BCUT2D eigenvalue weighted by Gasteiger charge is -2.28. The number of fused-ring (bicyclic) bond motifs is 1. The Morgan fingerprint density at radius 2 is 1.80 bits per heavy atom. The predicted molar refractivity (Wildman–Crippen MR) is 95.0 cm³/mol. The first-order valence-corrected chi connectivity index (χ1v) is 7.75. The van der Waals surface area contributed by atoms with Crippen LogP contribution >= 0.6 is 0 Å². The van der Waals surface area contributed by atoms with Gasteiger partial charge in [-0.2, -0.15) is 0 Å². The largest absolute Gasteiger partial charge is 0.507 e. The first kappa shape index (κ1) is 16.6. The van der Waals surface area contributed by atoms with Crippen molar-refractivity contribution >= 4 is 17.9 Å². The first-order chi connectivity index (χ1) is 11.7. The van der Waals surface area contributed by atoms with Crippen molar-refractivity contribution in [1.82, 2.24) is 0 Å². The van der Waals surface area contributed by atoms with E-state index in [1.807, 2.05) is 26.0 Å². The molecule has 0 saturated carbocycles. The van der Waals surface area contributed by atoms with Gasteiger partial charge in [-0.1, -0.05) is 18.2 Å². The Hall–Kier alpha value is -3.21. The normalized spacial score (nSPS) is 15.0. The molecule has 0 atom stereocenters. The van der Waals surface area contributed by atoms with E-state index >= 15 is 0 Å².